The molecule has 3 atom stereocenters. The van der Waals surface area contributed by atoms with Crippen molar-refractivity contribution < 1.29 is 14.3 Å². The van der Waals surface area contributed by atoms with Gasteiger partial charge in [0, 0.05) is 13.1 Å². The number of imidazole rings is 2. The Morgan fingerprint density at radius 1 is 0.727 bits per heavy atom. The van der Waals surface area contributed by atoms with Gasteiger partial charge in [-0.15, -0.1) is 0 Å². The molecule has 2 N–H and O–H groups in total. The van der Waals surface area contributed by atoms with Crippen LogP contribution in [0.25, 0.3) is 22.5 Å². The van der Waals surface area contributed by atoms with Gasteiger partial charge >= 0.3 is 0 Å². The monoisotopic (exact) mass is 728 g/mol. The predicted octanol–water partition coefficient (Wildman–Crippen LogP) is 9.27. The van der Waals surface area contributed by atoms with Crippen LogP contribution in [0.3, 0.4) is 0 Å². The maximum absolute atomic E-state index is 13.7. The summed E-state index contributed by atoms with van der Waals surface area (Å²) in [5, 5.41) is 0. The van der Waals surface area contributed by atoms with Crippen molar-refractivity contribution in [1.82, 2.24) is 29.7 Å². The molecule has 2 fully saturated rings. The van der Waals surface area contributed by atoms with Gasteiger partial charge in [-0.2, -0.15) is 0 Å². The molecule has 0 saturated carbocycles. The number of nitrogens with one attached hydrogen (secondary N) is 2. The first-order valence-electron chi connectivity index (χ1n) is 18.8. The zero-order valence-corrected chi connectivity index (χ0v) is 31.2. The molecule has 2 aromatic heterocycles. The number of aromatic nitrogens is 4. The molecule has 9 heteroatoms. The summed E-state index contributed by atoms with van der Waals surface area (Å²) in [4.78, 5) is 47.1. The van der Waals surface area contributed by atoms with Crippen LogP contribution in [0.4, 0.5) is 0 Å². The van der Waals surface area contributed by atoms with Gasteiger partial charge in [0.15, 0.2) is 0 Å². The fourth-order valence-electron chi connectivity index (χ4n) is 7.80. The Morgan fingerprint density at radius 3 is 1.80 bits per heavy atom. The molecule has 0 aliphatic carbocycles. The molecule has 4 heterocycles. The lowest BCUT2D eigenvalue weighted by atomic mass is 9.95. The molecule has 0 spiro atoms. The Morgan fingerprint density at radius 2 is 1.24 bits per heavy atom. The number of ether oxygens (including phenoxy) is 1. The third kappa shape index (κ3) is 7.25. The number of aryl methyl sites for hydroxylation is 1. The molecule has 2 amide bonds. The number of H-pyrrole nitrogens is 2. The van der Waals surface area contributed by atoms with Crippen molar-refractivity contribution in [3.63, 3.8) is 0 Å². The van der Waals surface area contributed by atoms with Gasteiger partial charge < -0.3 is 24.5 Å². The van der Waals surface area contributed by atoms with E-state index in [4.69, 9.17) is 9.72 Å². The Labute approximate surface area is 321 Å². The first-order valence-corrected chi connectivity index (χ1v) is 18.8. The maximum atomic E-state index is 13.7. The van der Waals surface area contributed by atoms with Crippen LogP contribution < -0.4 is 4.74 Å². The third-order valence-corrected chi connectivity index (χ3v) is 10.8. The molecule has 6 aromatic rings. The highest BCUT2D eigenvalue weighted by Gasteiger charge is 2.37. The van der Waals surface area contributed by atoms with E-state index in [1.807, 2.05) is 133 Å². The van der Waals surface area contributed by atoms with Crippen molar-refractivity contribution >= 4 is 11.8 Å². The van der Waals surface area contributed by atoms with E-state index >= 15 is 0 Å². The summed E-state index contributed by atoms with van der Waals surface area (Å²) in [7, 11) is 0. The largest absolute Gasteiger partial charge is 0.457 e. The second-order valence-corrected chi connectivity index (χ2v) is 14.5. The number of carbonyl (C=O) groups excluding carboxylic acids is 2. The molecule has 276 valence electrons. The zero-order valence-electron chi connectivity index (χ0n) is 31.2. The minimum atomic E-state index is -0.294. The van der Waals surface area contributed by atoms with Crippen molar-refractivity contribution in [2.24, 2.45) is 0 Å². The van der Waals surface area contributed by atoms with Crippen LogP contribution in [0.2, 0.25) is 0 Å². The number of hydrogen-bond donors (Lipinski definition) is 2. The van der Waals surface area contributed by atoms with Crippen LogP contribution in [0, 0.1) is 6.92 Å². The second kappa shape index (κ2) is 15.1. The van der Waals surface area contributed by atoms with E-state index in [-0.39, 0.29) is 29.8 Å². The number of likely N-dealkylation sites (tertiary alicyclic amines) is 2. The molecule has 0 bridgehead atoms. The SMILES string of the molecule is C=C1CCN(C(=O)Cc2ccccc2)C1c1ncc(-c2ccc(Oc3ccc(-c4cnc([C@@H]5C(=C)CCN5C(=O)C(C)c5ccccc5C)[nH]4)cc3)cc2)[nH]1. The van der Waals surface area contributed by atoms with Gasteiger partial charge in [0.05, 0.1) is 36.1 Å². The lowest BCUT2D eigenvalue weighted by Crippen LogP contribution is -2.34. The van der Waals surface area contributed by atoms with Crippen molar-refractivity contribution in [1.29, 1.82) is 0 Å². The predicted molar refractivity (Wildman–Crippen MR) is 214 cm³/mol. The van der Waals surface area contributed by atoms with Crippen molar-refractivity contribution in [3.8, 4) is 34.0 Å². The Kier molecular flexibility index (Phi) is 9.76. The van der Waals surface area contributed by atoms with Crippen LogP contribution >= 0.6 is 0 Å². The van der Waals surface area contributed by atoms with Crippen LogP contribution in [0.5, 0.6) is 11.5 Å². The highest BCUT2D eigenvalue weighted by atomic mass is 16.5. The second-order valence-electron chi connectivity index (χ2n) is 14.5. The Balaban J connectivity index is 0.905. The van der Waals surface area contributed by atoms with Gasteiger partial charge in [0.25, 0.3) is 0 Å². The fourth-order valence-corrected chi connectivity index (χ4v) is 7.80. The van der Waals surface area contributed by atoms with Gasteiger partial charge in [0.1, 0.15) is 35.2 Å². The lowest BCUT2D eigenvalue weighted by molar-refractivity contribution is -0.133. The molecule has 2 saturated heterocycles. The van der Waals surface area contributed by atoms with E-state index in [0.717, 1.165) is 74.8 Å². The molecule has 2 aliphatic rings. The van der Waals surface area contributed by atoms with E-state index in [0.29, 0.717) is 31.0 Å². The molecular formula is C46H44N6O3. The average Bonchev–Trinajstić information content (AvgIpc) is 4.03. The number of rotatable bonds is 10. The highest BCUT2D eigenvalue weighted by Crippen LogP contribution is 2.39. The summed E-state index contributed by atoms with van der Waals surface area (Å²) < 4.78 is 6.19. The summed E-state index contributed by atoms with van der Waals surface area (Å²) in [5.41, 5.74) is 8.73. The summed E-state index contributed by atoms with van der Waals surface area (Å²) in [6, 6.07) is 33.0. The number of nitrogens with zero attached hydrogens (tertiary/aromatic N) is 4. The van der Waals surface area contributed by atoms with E-state index in [2.05, 4.69) is 28.1 Å². The summed E-state index contributed by atoms with van der Waals surface area (Å²) in [6.45, 7) is 13.8. The van der Waals surface area contributed by atoms with Gasteiger partial charge in [-0.3, -0.25) is 9.59 Å². The topological polar surface area (TPSA) is 107 Å². The smallest absolute Gasteiger partial charge is 0.230 e. The molecule has 55 heavy (non-hydrogen) atoms. The number of amides is 2. The first-order chi connectivity index (χ1) is 26.7. The number of benzene rings is 4. The molecular weight excluding hydrogens is 685 g/mol. The lowest BCUT2D eigenvalue weighted by Gasteiger charge is -2.27. The van der Waals surface area contributed by atoms with Gasteiger partial charge in [-0.1, -0.05) is 67.8 Å². The highest BCUT2D eigenvalue weighted by molar-refractivity contribution is 5.85. The molecule has 2 unspecified atom stereocenters. The van der Waals surface area contributed by atoms with Gasteiger partial charge in [-0.05, 0) is 114 Å². The normalized spacial score (nSPS) is 17.5. The minimum Gasteiger partial charge on any atom is -0.457 e. The van der Waals surface area contributed by atoms with Crippen molar-refractivity contribution in [2.45, 2.75) is 51.1 Å². The summed E-state index contributed by atoms with van der Waals surface area (Å²) in [5.74, 6) is 2.72. The van der Waals surface area contributed by atoms with Crippen LogP contribution in [0.15, 0.2) is 140 Å². The summed E-state index contributed by atoms with van der Waals surface area (Å²) in [6.07, 6.45) is 5.47. The quantitative estimate of drug-likeness (QED) is 0.137. The van der Waals surface area contributed by atoms with Crippen LogP contribution in [-0.4, -0.2) is 54.6 Å². The zero-order chi connectivity index (χ0) is 38.1. The number of aromatic amines is 2. The maximum Gasteiger partial charge on any atom is 0.230 e. The molecule has 8 rings (SSSR count). The molecule has 0 radical (unpaired) electrons. The van der Waals surface area contributed by atoms with Crippen molar-refractivity contribution in [3.05, 3.63) is 168 Å². The average molecular weight is 729 g/mol. The molecule has 2 aliphatic heterocycles. The van der Waals surface area contributed by atoms with Gasteiger partial charge in [-0.25, -0.2) is 9.97 Å². The molecule has 9 nitrogen and oxygen atoms in total. The van der Waals surface area contributed by atoms with E-state index < -0.39 is 0 Å². The Bertz CT molecular complexity index is 2360. The summed E-state index contributed by atoms with van der Waals surface area (Å²) >= 11 is 0. The minimum absolute atomic E-state index is 0.0657. The molecule has 4 aromatic carbocycles. The van der Waals surface area contributed by atoms with Crippen LogP contribution in [0.1, 0.15) is 66.1 Å². The Hall–Kier alpha value is -6.48. The van der Waals surface area contributed by atoms with E-state index in [1.165, 1.54) is 0 Å². The fraction of sp³-hybridized carbons (Fsp3) is 0.217. The van der Waals surface area contributed by atoms with Gasteiger partial charge in [0.2, 0.25) is 11.8 Å². The third-order valence-electron chi connectivity index (χ3n) is 10.8. The number of carbonyl (C=O) groups is 2. The standard InChI is InChI=1S/C46H44N6O3/c1-29-10-8-9-13-38(29)32(4)46(54)52-25-23-31(3)43(52)45-48-28-40(50-45)35-16-20-37(21-17-35)55-36-18-14-34(15-19-36)39-27-47-44(49-39)42-30(2)22-24-51(42)41(53)26-33-11-6-5-7-12-33/h5-21,27-28,32,42-43H,2-3,22-26H2,1,4H3,(H,47,49)(H,48,50)/t32?,42?,43-/m0/s1. The number of hydrogen-bond acceptors (Lipinski definition) is 5. The van der Waals surface area contributed by atoms with E-state index in [9.17, 15) is 9.59 Å². The van der Waals surface area contributed by atoms with Crippen LogP contribution in [-0.2, 0) is 16.0 Å². The first kappa shape index (κ1) is 35.5. The van der Waals surface area contributed by atoms with Crippen molar-refractivity contribution in [2.75, 3.05) is 13.1 Å². The van der Waals surface area contributed by atoms with E-state index in [1.54, 1.807) is 6.20 Å².